The number of hydrogen-bond acceptors (Lipinski definition) is 11. The van der Waals surface area contributed by atoms with Crippen LogP contribution in [0.5, 0.6) is 11.5 Å². The van der Waals surface area contributed by atoms with E-state index in [0.717, 1.165) is 11.1 Å². The molecule has 0 saturated carbocycles. The lowest BCUT2D eigenvalue weighted by Gasteiger charge is -2.61. The average molecular weight is 548 g/mol. The van der Waals surface area contributed by atoms with E-state index in [0.29, 0.717) is 30.9 Å². The summed E-state index contributed by atoms with van der Waals surface area (Å²) in [5, 5.41) is 40.3. The standard InChI is InChI=1S/C26H29NO12/c1-27-8-7-25-20-12-3-4-14(36-2)21(20)39-22(25)15(5-6-26(25,35)17(27)9-12)38-24(34)13(28)10-19(31)37-16(23(32)33)11-18(29)30/h3-5,13,16-17,22,28,35H,6-11H2,1-2H3,(H,29,30)(H,32,33)/t13-,16-,17+,22-,25-,26+/m0/s1. The number of nitrogens with zero attached hydrogens (tertiary/aromatic N) is 1. The molecule has 1 saturated heterocycles. The van der Waals surface area contributed by atoms with Gasteiger partial charge in [0.15, 0.2) is 23.7 Å². The van der Waals surface area contributed by atoms with Crippen molar-refractivity contribution in [3.63, 3.8) is 0 Å². The summed E-state index contributed by atoms with van der Waals surface area (Å²) in [5.74, 6) is -4.68. The lowest BCUT2D eigenvalue weighted by Crippen LogP contribution is -2.74. The maximum absolute atomic E-state index is 12.8. The molecule has 4 N–H and O–H groups in total. The number of aliphatic carboxylic acids is 2. The second kappa shape index (κ2) is 9.50. The van der Waals surface area contributed by atoms with E-state index in [4.69, 9.17) is 24.4 Å². The van der Waals surface area contributed by atoms with Gasteiger partial charge in [0.2, 0.25) is 6.10 Å². The van der Waals surface area contributed by atoms with Gasteiger partial charge >= 0.3 is 23.9 Å². The van der Waals surface area contributed by atoms with Crippen LogP contribution in [0.3, 0.4) is 0 Å². The van der Waals surface area contributed by atoms with Crippen LogP contribution in [0.4, 0.5) is 0 Å². The number of hydrogen-bond donors (Lipinski definition) is 4. The Bertz CT molecular complexity index is 1280. The molecule has 1 aromatic carbocycles. The molecular weight excluding hydrogens is 518 g/mol. The predicted octanol–water partition coefficient (Wildman–Crippen LogP) is -0.262. The third-order valence-corrected chi connectivity index (χ3v) is 8.32. The van der Waals surface area contributed by atoms with E-state index in [1.54, 1.807) is 12.1 Å². The number of likely N-dealkylation sites (tertiary alicyclic amines) is 1. The van der Waals surface area contributed by atoms with Crippen molar-refractivity contribution in [1.29, 1.82) is 0 Å². The molecule has 210 valence electrons. The number of piperidine rings is 1. The fourth-order valence-electron chi connectivity index (χ4n) is 6.56. The zero-order chi connectivity index (χ0) is 28.3. The van der Waals surface area contributed by atoms with E-state index < -0.39 is 66.0 Å². The number of likely N-dealkylation sites (N-methyl/N-ethyl adjacent to an activating group) is 1. The van der Waals surface area contributed by atoms with Gasteiger partial charge in [-0.3, -0.25) is 9.59 Å². The van der Waals surface area contributed by atoms with Crippen LogP contribution < -0.4 is 9.47 Å². The average Bonchev–Trinajstić information content (AvgIpc) is 3.22. The number of aliphatic hydroxyl groups is 2. The Morgan fingerprint density at radius 1 is 1.21 bits per heavy atom. The van der Waals surface area contributed by atoms with Crippen molar-refractivity contribution in [2.75, 3.05) is 20.7 Å². The molecule has 0 radical (unpaired) electrons. The molecule has 0 aromatic heterocycles. The molecule has 0 unspecified atom stereocenters. The van der Waals surface area contributed by atoms with E-state index >= 15 is 0 Å². The van der Waals surface area contributed by atoms with E-state index in [2.05, 4.69) is 9.64 Å². The molecule has 2 bridgehead atoms. The third kappa shape index (κ3) is 4.03. The number of carboxylic acid groups (broad SMARTS) is 2. The van der Waals surface area contributed by atoms with Crippen molar-refractivity contribution >= 4 is 23.9 Å². The highest BCUT2D eigenvalue weighted by atomic mass is 16.6. The Labute approximate surface area is 222 Å². The fourth-order valence-corrected chi connectivity index (χ4v) is 6.56. The Balaban J connectivity index is 1.38. The molecule has 2 aliphatic heterocycles. The van der Waals surface area contributed by atoms with Crippen LogP contribution in [0, 0.1) is 0 Å². The summed E-state index contributed by atoms with van der Waals surface area (Å²) in [6.07, 6.45) is -4.06. The van der Waals surface area contributed by atoms with Crippen LogP contribution in [0.25, 0.3) is 0 Å². The van der Waals surface area contributed by atoms with E-state index in [1.807, 2.05) is 13.1 Å². The monoisotopic (exact) mass is 547 g/mol. The zero-order valence-corrected chi connectivity index (χ0v) is 21.3. The smallest absolute Gasteiger partial charge is 0.345 e. The van der Waals surface area contributed by atoms with Gasteiger partial charge in [0.25, 0.3) is 0 Å². The molecule has 5 rings (SSSR count). The summed E-state index contributed by atoms with van der Waals surface area (Å²) < 4.78 is 22.0. The number of benzene rings is 1. The van der Waals surface area contributed by atoms with Crippen molar-refractivity contribution in [2.24, 2.45) is 0 Å². The fraction of sp³-hybridized carbons (Fsp3) is 0.538. The van der Waals surface area contributed by atoms with E-state index in [9.17, 15) is 29.4 Å². The highest BCUT2D eigenvalue weighted by Gasteiger charge is 2.72. The minimum atomic E-state index is -2.03. The number of carbonyl (C=O) groups excluding carboxylic acids is 2. The Morgan fingerprint density at radius 2 is 1.95 bits per heavy atom. The molecular formula is C26H29NO12. The van der Waals surface area contributed by atoms with Gasteiger partial charge in [-0.2, -0.15) is 0 Å². The van der Waals surface area contributed by atoms with Gasteiger partial charge in [0, 0.05) is 18.0 Å². The molecule has 39 heavy (non-hydrogen) atoms. The summed E-state index contributed by atoms with van der Waals surface area (Å²) in [4.78, 5) is 49.0. The molecule has 0 amide bonds. The normalized spacial score (nSPS) is 29.7. The molecule has 1 aromatic rings. The van der Waals surface area contributed by atoms with Crippen LogP contribution in [0.2, 0.25) is 0 Å². The van der Waals surface area contributed by atoms with Gasteiger partial charge in [0.05, 0.1) is 31.0 Å². The summed E-state index contributed by atoms with van der Waals surface area (Å²) in [5.41, 5.74) is -0.354. The highest BCUT2D eigenvalue weighted by Crippen LogP contribution is 2.65. The zero-order valence-electron chi connectivity index (χ0n) is 21.3. The quantitative estimate of drug-likeness (QED) is 0.296. The first-order valence-corrected chi connectivity index (χ1v) is 12.5. The SMILES string of the molecule is COc1ccc2c3c1O[C@H]1C(OC(=O)[C@@H](O)CC(=O)O[C@@H](CC(=O)O)C(=O)O)=CC[C@@]4(O)[C@@H](C2)N(C)CC[C@]314. The topological polar surface area (TPSA) is 189 Å². The van der Waals surface area contributed by atoms with Gasteiger partial charge < -0.3 is 44.3 Å². The molecule has 1 spiro atoms. The summed E-state index contributed by atoms with van der Waals surface area (Å²) in [6.45, 7) is 0.652. The third-order valence-electron chi connectivity index (χ3n) is 8.32. The maximum atomic E-state index is 12.8. The number of esters is 2. The molecule has 2 heterocycles. The van der Waals surface area contributed by atoms with Gasteiger partial charge in [-0.15, -0.1) is 0 Å². The van der Waals surface area contributed by atoms with Gasteiger partial charge in [-0.25, -0.2) is 9.59 Å². The number of rotatable bonds is 9. The van der Waals surface area contributed by atoms with Gasteiger partial charge in [0.1, 0.15) is 5.76 Å². The predicted molar refractivity (Wildman–Crippen MR) is 128 cm³/mol. The molecule has 13 heteroatoms. The van der Waals surface area contributed by atoms with Crippen molar-refractivity contribution in [2.45, 2.75) is 67.5 Å². The van der Waals surface area contributed by atoms with Crippen molar-refractivity contribution in [3.05, 3.63) is 35.1 Å². The van der Waals surface area contributed by atoms with Crippen molar-refractivity contribution < 1.29 is 58.6 Å². The minimum Gasteiger partial charge on any atom is -0.493 e. The van der Waals surface area contributed by atoms with E-state index in [1.165, 1.54) is 7.11 Å². The Hall–Kier alpha value is -3.68. The van der Waals surface area contributed by atoms with Crippen LogP contribution in [0.1, 0.15) is 36.8 Å². The lowest BCUT2D eigenvalue weighted by molar-refractivity contribution is -0.175. The molecule has 2 aliphatic carbocycles. The maximum Gasteiger partial charge on any atom is 0.345 e. The van der Waals surface area contributed by atoms with Crippen molar-refractivity contribution in [3.8, 4) is 11.5 Å². The summed E-state index contributed by atoms with van der Waals surface area (Å²) in [6, 6.07) is 3.53. The molecule has 6 atom stereocenters. The second-order valence-corrected chi connectivity index (χ2v) is 10.3. The lowest BCUT2D eigenvalue weighted by atomic mass is 9.50. The second-order valence-electron chi connectivity index (χ2n) is 10.3. The Kier molecular flexibility index (Phi) is 6.56. The number of methoxy groups -OCH3 is 1. The first kappa shape index (κ1) is 26.9. The largest absolute Gasteiger partial charge is 0.493 e. The van der Waals surface area contributed by atoms with Crippen LogP contribution in [-0.2, 0) is 40.5 Å². The van der Waals surface area contributed by atoms with Gasteiger partial charge in [-0.05, 0) is 44.1 Å². The van der Waals surface area contributed by atoms with Crippen LogP contribution in [-0.4, -0.2) is 99.9 Å². The summed E-state index contributed by atoms with van der Waals surface area (Å²) in [7, 11) is 3.46. The first-order valence-electron chi connectivity index (χ1n) is 12.5. The van der Waals surface area contributed by atoms with E-state index in [-0.39, 0.29) is 18.2 Å². The first-order chi connectivity index (χ1) is 18.4. The molecule has 1 fully saturated rings. The summed E-state index contributed by atoms with van der Waals surface area (Å²) >= 11 is 0. The number of carboxylic acids is 2. The highest BCUT2D eigenvalue weighted by molar-refractivity contribution is 5.85. The number of ether oxygens (including phenoxy) is 4. The Morgan fingerprint density at radius 3 is 2.62 bits per heavy atom. The van der Waals surface area contributed by atoms with Crippen LogP contribution >= 0.6 is 0 Å². The van der Waals surface area contributed by atoms with Gasteiger partial charge in [-0.1, -0.05) is 6.07 Å². The minimum absolute atomic E-state index is 0.0702. The van der Waals surface area contributed by atoms with Crippen molar-refractivity contribution in [1.82, 2.24) is 4.90 Å². The molecule has 4 aliphatic rings. The number of aliphatic hydroxyl groups excluding tert-OH is 1. The van der Waals surface area contributed by atoms with Crippen LogP contribution in [0.15, 0.2) is 24.0 Å². The molecule has 13 nitrogen and oxygen atoms in total. The number of carbonyl (C=O) groups is 4.